The minimum Gasteiger partial charge on any atom is -0.340 e. The Morgan fingerprint density at radius 2 is 1.88 bits per heavy atom. The zero-order valence-corrected chi connectivity index (χ0v) is 16.0. The van der Waals surface area contributed by atoms with E-state index in [1.165, 1.54) is 29.0 Å². The fraction of sp³-hybridized carbons (Fsp3) is 0.526. The molecule has 25 heavy (non-hydrogen) atoms. The Hall–Kier alpha value is -1.66. The lowest BCUT2D eigenvalue weighted by Crippen LogP contribution is -2.41. The topological polar surface area (TPSA) is 57.7 Å². The number of hydrogen-bond acceptors (Lipinski definition) is 3. The molecule has 0 bridgehead atoms. The normalized spacial score (nSPS) is 15.1. The number of sulfonamides is 1. The van der Waals surface area contributed by atoms with E-state index >= 15 is 0 Å². The van der Waals surface area contributed by atoms with Gasteiger partial charge in [0.05, 0.1) is 12.8 Å². The molecule has 2 rings (SSSR count). The fourth-order valence-electron chi connectivity index (χ4n) is 2.98. The molecular formula is C19H28N2O3S. The molecule has 1 aromatic rings. The Morgan fingerprint density at radius 3 is 2.48 bits per heavy atom. The lowest BCUT2D eigenvalue weighted by atomic mass is 9.97. The van der Waals surface area contributed by atoms with Crippen LogP contribution in [0.4, 0.5) is 0 Å². The molecule has 0 aliphatic heterocycles. The molecule has 5 nitrogen and oxygen atoms in total. The summed E-state index contributed by atoms with van der Waals surface area (Å²) in [5.41, 5.74) is 2.33. The highest BCUT2D eigenvalue weighted by Crippen LogP contribution is 2.20. The number of hydrogen-bond donors (Lipinski definition) is 0. The summed E-state index contributed by atoms with van der Waals surface area (Å²) in [5, 5.41) is 0. The predicted molar refractivity (Wildman–Crippen MR) is 101 cm³/mol. The second kappa shape index (κ2) is 9.15. The molecule has 138 valence electrons. The molecule has 1 aliphatic rings. The van der Waals surface area contributed by atoms with Crippen LogP contribution in [-0.4, -0.2) is 49.9 Å². The Morgan fingerprint density at radius 1 is 1.16 bits per heavy atom. The lowest BCUT2D eigenvalue weighted by Gasteiger charge is -2.24. The average Bonchev–Trinajstić information content (AvgIpc) is 2.59. The van der Waals surface area contributed by atoms with E-state index in [-0.39, 0.29) is 12.5 Å². The van der Waals surface area contributed by atoms with E-state index in [0.29, 0.717) is 19.5 Å². The predicted octanol–water partition coefficient (Wildman–Crippen LogP) is 2.80. The van der Waals surface area contributed by atoms with Gasteiger partial charge in [-0.25, -0.2) is 8.42 Å². The molecule has 1 amide bonds. The fourth-order valence-corrected chi connectivity index (χ4v) is 3.75. The maximum absolute atomic E-state index is 12.5. The van der Waals surface area contributed by atoms with E-state index in [9.17, 15) is 13.2 Å². The largest absolute Gasteiger partial charge is 0.340 e. The molecule has 0 spiro atoms. The minimum absolute atomic E-state index is 0.102. The summed E-state index contributed by atoms with van der Waals surface area (Å²) in [6, 6.07) is 9.68. The second-order valence-electron chi connectivity index (χ2n) is 6.69. The molecular weight excluding hydrogens is 336 g/mol. The van der Waals surface area contributed by atoms with Gasteiger partial charge in [-0.05, 0) is 37.7 Å². The highest BCUT2D eigenvalue weighted by atomic mass is 32.2. The highest BCUT2D eigenvalue weighted by Gasteiger charge is 2.22. The summed E-state index contributed by atoms with van der Waals surface area (Å²) in [4.78, 5) is 14.0. The van der Waals surface area contributed by atoms with E-state index in [0.717, 1.165) is 18.4 Å². The Bertz CT molecular complexity index is 699. The molecule has 0 radical (unpaired) electrons. The van der Waals surface area contributed by atoms with Gasteiger partial charge in [-0.2, -0.15) is 4.31 Å². The number of benzene rings is 1. The Kier molecular flexibility index (Phi) is 7.20. The first-order valence-electron chi connectivity index (χ1n) is 8.77. The zero-order chi connectivity index (χ0) is 18.3. The third-order valence-corrected chi connectivity index (χ3v) is 5.79. The summed E-state index contributed by atoms with van der Waals surface area (Å²) < 4.78 is 25.4. The van der Waals surface area contributed by atoms with Gasteiger partial charge in [0.1, 0.15) is 0 Å². The summed E-state index contributed by atoms with van der Waals surface area (Å²) in [6.07, 6.45) is 8.60. The van der Waals surface area contributed by atoms with E-state index in [4.69, 9.17) is 0 Å². The second-order valence-corrected chi connectivity index (χ2v) is 8.67. The van der Waals surface area contributed by atoms with Gasteiger partial charge in [-0.1, -0.05) is 42.0 Å². The Balaban J connectivity index is 1.93. The first-order chi connectivity index (χ1) is 11.9. The third kappa shape index (κ3) is 6.63. The smallest absolute Gasteiger partial charge is 0.237 e. The molecule has 1 aliphatic carbocycles. The van der Waals surface area contributed by atoms with Crippen molar-refractivity contribution in [3.8, 4) is 0 Å². The SMILES string of the molecule is CN(Cc1ccccc1)C(=O)CN(CCC1=CCCCC1)S(C)(=O)=O. The van der Waals surface area contributed by atoms with Crippen LogP contribution in [0.15, 0.2) is 42.0 Å². The van der Waals surface area contributed by atoms with Crippen molar-refractivity contribution in [3.63, 3.8) is 0 Å². The number of nitrogens with zero attached hydrogens (tertiary/aromatic N) is 2. The number of allylic oxidation sites excluding steroid dienone is 1. The molecule has 0 saturated heterocycles. The van der Waals surface area contributed by atoms with Gasteiger partial charge >= 0.3 is 0 Å². The minimum atomic E-state index is -3.41. The number of amides is 1. The van der Waals surface area contributed by atoms with Crippen LogP contribution in [0.5, 0.6) is 0 Å². The summed E-state index contributed by atoms with van der Waals surface area (Å²) in [7, 11) is -1.70. The molecule has 0 unspecified atom stereocenters. The van der Waals surface area contributed by atoms with Crippen LogP contribution < -0.4 is 0 Å². The summed E-state index contributed by atoms with van der Waals surface area (Å²) >= 11 is 0. The Labute approximate surface area is 151 Å². The van der Waals surface area contributed by atoms with Crippen molar-refractivity contribution >= 4 is 15.9 Å². The first-order valence-corrected chi connectivity index (χ1v) is 10.6. The van der Waals surface area contributed by atoms with Crippen LogP contribution in [0.25, 0.3) is 0 Å². The lowest BCUT2D eigenvalue weighted by molar-refractivity contribution is -0.130. The standard InChI is InChI=1S/C19H28N2O3S/c1-20(15-18-11-7-4-8-12-18)19(22)16-21(25(2,23)24)14-13-17-9-5-3-6-10-17/h4,7-9,11-12H,3,5-6,10,13-16H2,1-2H3. The molecule has 0 heterocycles. The van der Waals surface area contributed by atoms with Gasteiger partial charge in [0.2, 0.25) is 15.9 Å². The van der Waals surface area contributed by atoms with Crippen molar-refractivity contribution in [2.24, 2.45) is 0 Å². The van der Waals surface area contributed by atoms with Crippen molar-refractivity contribution in [2.45, 2.75) is 38.6 Å². The van der Waals surface area contributed by atoms with Gasteiger partial charge < -0.3 is 4.90 Å². The molecule has 0 atom stereocenters. The van der Waals surface area contributed by atoms with E-state index in [1.54, 1.807) is 11.9 Å². The van der Waals surface area contributed by atoms with Crippen LogP contribution in [0.3, 0.4) is 0 Å². The van der Waals surface area contributed by atoms with Crippen LogP contribution in [-0.2, 0) is 21.4 Å². The van der Waals surface area contributed by atoms with E-state index < -0.39 is 10.0 Å². The van der Waals surface area contributed by atoms with Crippen molar-refractivity contribution in [1.82, 2.24) is 9.21 Å². The monoisotopic (exact) mass is 364 g/mol. The van der Waals surface area contributed by atoms with Crippen molar-refractivity contribution < 1.29 is 13.2 Å². The first kappa shape index (κ1) is 19.7. The molecule has 0 saturated carbocycles. The molecule has 0 aromatic heterocycles. The van der Waals surface area contributed by atoms with Gasteiger partial charge in [-0.15, -0.1) is 0 Å². The van der Waals surface area contributed by atoms with Crippen molar-refractivity contribution in [1.29, 1.82) is 0 Å². The third-order valence-electron chi connectivity index (χ3n) is 4.54. The van der Waals surface area contributed by atoms with Crippen LogP contribution >= 0.6 is 0 Å². The van der Waals surface area contributed by atoms with Gasteiger partial charge in [0.15, 0.2) is 0 Å². The van der Waals surface area contributed by atoms with Crippen LogP contribution in [0.1, 0.15) is 37.7 Å². The van der Waals surface area contributed by atoms with Gasteiger partial charge in [-0.3, -0.25) is 4.79 Å². The highest BCUT2D eigenvalue weighted by molar-refractivity contribution is 7.88. The number of carbonyl (C=O) groups is 1. The van der Waals surface area contributed by atoms with E-state index in [1.807, 2.05) is 30.3 Å². The van der Waals surface area contributed by atoms with Crippen molar-refractivity contribution in [3.05, 3.63) is 47.5 Å². The van der Waals surface area contributed by atoms with Crippen LogP contribution in [0, 0.1) is 0 Å². The molecule has 0 N–H and O–H groups in total. The quantitative estimate of drug-likeness (QED) is 0.667. The maximum Gasteiger partial charge on any atom is 0.237 e. The van der Waals surface area contributed by atoms with Gasteiger partial charge in [0.25, 0.3) is 0 Å². The van der Waals surface area contributed by atoms with Crippen LogP contribution in [0.2, 0.25) is 0 Å². The zero-order valence-electron chi connectivity index (χ0n) is 15.1. The summed E-state index contributed by atoms with van der Waals surface area (Å²) in [5.74, 6) is -0.188. The van der Waals surface area contributed by atoms with Crippen molar-refractivity contribution in [2.75, 3.05) is 26.4 Å². The molecule has 0 fully saturated rings. The molecule has 1 aromatic carbocycles. The molecule has 6 heteroatoms. The average molecular weight is 365 g/mol. The number of likely N-dealkylation sites (N-methyl/N-ethyl adjacent to an activating group) is 1. The number of carbonyl (C=O) groups excluding carboxylic acids is 1. The summed E-state index contributed by atoms with van der Waals surface area (Å²) in [6.45, 7) is 0.744. The maximum atomic E-state index is 12.5. The van der Waals surface area contributed by atoms with Gasteiger partial charge in [0, 0.05) is 20.1 Å². The van der Waals surface area contributed by atoms with E-state index in [2.05, 4.69) is 6.08 Å². The number of rotatable bonds is 8.